The first-order chi connectivity index (χ1) is 8.04. The molecule has 7 heteroatoms. The average Bonchev–Trinajstić information content (AvgIpc) is 2.26. The summed E-state index contributed by atoms with van der Waals surface area (Å²) in [5.41, 5.74) is -0.506. The average molecular weight is 242 g/mol. The van der Waals surface area contributed by atoms with Gasteiger partial charge in [0.2, 0.25) is 5.91 Å². The van der Waals surface area contributed by atoms with Crippen LogP contribution in [0, 0.1) is 15.9 Å². The van der Waals surface area contributed by atoms with Gasteiger partial charge in [0, 0.05) is 19.2 Å². The summed E-state index contributed by atoms with van der Waals surface area (Å²) in [4.78, 5) is 21.3. The molecule has 0 unspecified atom stereocenters. The number of nitrogens with zero attached hydrogens (tertiary/aromatic N) is 1. The predicted octanol–water partition coefficient (Wildman–Crippen LogP) is 1.71. The Morgan fingerprint density at radius 3 is 2.88 bits per heavy atom. The molecular formula is C10H11FN2O4. The summed E-state index contributed by atoms with van der Waals surface area (Å²) in [7, 11) is 1.43. The van der Waals surface area contributed by atoms with Gasteiger partial charge in [0.05, 0.1) is 18.0 Å². The number of halogens is 1. The number of ether oxygens (including phenoxy) is 1. The minimum absolute atomic E-state index is 0.0458. The number of rotatable bonds is 5. The molecule has 0 atom stereocenters. The first-order valence-corrected chi connectivity index (χ1v) is 4.77. The molecule has 0 heterocycles. The Hall–Kier alpha value is -2.02. The highest BCUT2D eigenvalue weighted by molar-refractivity contribution is 5.93. The number of nitro groups is 1. The maximum atomic E-state index is 12.9. The van der Waals surface area contributed by atoms with E-state index >= 15 is 0 Å². The molecule has 0 bridgehead atoms. The van der Waals surface area contributed by atoms with Crippen molar-refractivity contribution in [2.45, 2.75) is 6.42 Å². The lowest BCUT2D eigenvalue weighted by atomic mass is 10.2. The highest BCUT2D eigenvalue weighted by Gasteiger charge is 2.16. The maximum Gasteiger partial charge on any atom is 0.292 e. The molecule has 1 amide bonds. The molecule has 6 nitrogen and oxygen atoms in total. The highest BCUT2D eigenvalue weighted by Crippen LogP contribution is 2.24. The standard InChI is InChI=1S/C10H11FN2O4/c1-17-5-4-10(14)12-8-6-7(11)2-3-9(8)13(15)16/h2-3,6H,4-5H2,1H3,(H,12,14). The van der Waals surface area contributed by atoms with Crippen LogP contribution in [0.2, 0.25) is 0 Å². The van der Waals surface area contributed by atoms with E-state index in [0.29, 0.717) is 0 Å². The summed E-state index contributed by atoms with van der Waals surface area (Å²) in [6.45, 7) is 0.189. The van der Waals surface area contributed by atoms with E-state index in [4.69, 9.17) is 0 Å². The van der Waals surface area contributed by atoms with E-state index in [1.54, 1.807) is 0 Å². The summed E-state index contributed by atoms with van der Waals surface area (Å²) >= 11 is 0. The molecule has 92 valence electrons. The fourth-order valence-corrected chi connectivity index (χ4v) is 1.18. The van der Waals surface area contributed by atoms with Crippen molar-refractivity contribution in [2.75, 3.05) is 19.0 Å². The Morgan fingerprint density at radius 1 is 1.59 bits per heavy atom. The first-order valence-electron chi connectivity index (χ1n) is 4.77. The third kappa shape index (κ3) is 3.80. The second kappa shape index (κ2) is 5.90. The van der Waals surface area contributed by atoms with Gasteiger partial charge in [-0.1, -0.05) is 0 Å². The quantitative estimate of drug-likeness (QED) is 0.629. The molecule has 0 fully saturated rings. The molecule has 0 aromatic heterocycles. The molecule has 1 aromatic carbocycles. The van der Waals surface area contributed by atoms with E-state index < -0.39 is 16.6 Å². The highest BCUT2D eigenvalue weighted by atomic mass is 19.1. The minimum Gasteiger partial charge on any atom is -0.384 e. The van der Waals surface area contributed by atoms with Gasteiger partial charge in [-0.15, -0.1) is 0 Å². The van der Waals surface area contributed by atoms with Crippen molar-refractivity contribution >= 4 is 17.3 Å². The van der Waals surface area contributed by atoms with Gasteiger partial charge < -0.3 is 10.1 Å². The van der Waals surface area contributed by atoms with Gasteiger partial charge in [-0.05, 0) is 6.07 Å². The molecule has 0 spiro atoms. The maximum absolute atomic E-state index is 12.9. The topological polar surface area (TPSA) is 81.5 Å². The van der Waals surface area contributed by atoms with E-state index in [-0.39, 0.29) is 24.4 Å². The summed E-state index contributed by atoms with van der Waals surface area (Å²) < 4.78 is 17.6. The second-order valence-corrected chi connectivity index (χ2v) is 3.21. The number of carbonyl (C=O) groups excluding carboxylic acids is 1. The Kier molecular flexibility index (Phi) is 4.53. The van der Waals surface area contributed by atoms with Crippen molar-refractivity contribution in [3.05, 3.63) is 34.1 Å². The number of nitrogens with one attached hydrogen (secondary N) is 1. The largest absolute Gasteiger partial charge is 0.384 e. The molecule has 0 aliphatic carbocycles. The summed E-state index contributed by atoms with van der Waals surface area (Å²) in [5.74, 6) is -1.13. The Balaban J connectivity index is 2.85. The fourth-order valence-electron chi connectivity index (χ4n) is 1.18. The van der Waals surface area contributed by atoms with Gasteiger partial charge in [0.15, 0.2) is 0 Å². The number of benzene rings is 1. The predicted molar refractivity (Wildman–Crippen MR) is 58.2 cm³/mol. The van der Waals surface area contributed by atoms with Crippen molar-refractivity contribution in [1.82, 2.24) is 0 Å². The van der Waals surface area contributed by atoms with Crippen LogP contribution in [0.3, 0.4) is 0 Å². The lowest BCUT2D eigenvalue weighted by Gasteiger charge is -2.05. The van der Waals surface area contributed by atoms with Crippen molar-refractivity contribution in [2.24, 2.45) is 0 Å². The van der Waals surface area contributed by atoms with Crippen LogP contribution in [-0.2, 0) is 9.53 Å². The summed E-state index contributed by atoms with van der Waals surface area (Å²) in [6, 6.07) is 2.87. The lowest BCUT2D eigenvalue weighted by molar-refractivity contribution is -0.384. The fraction of sp³-hybridized carbons (Fsp3) is 0.300. The van der Waals surface area contributed by atoms with Crippen molar-refractivity contribution in [1.29, 1.82) is 0 Å². The molecule has 0 aliphatic rings. The van der Waals surface area contributed by atoms with Crippen LogP contribution < -0.4 is 5.32 Å². The third-order valence-corrected chi connectivity index (χ3v) is 1.96. The van der Waals surface area contributed by atoms with Gasteiger partial charge in [-0.25, -0.2) is 4.39 Å². The number of amides is 1. The molecule has 0 saturated heterocycles. The Morgan fingerprint density at radius 2 is 2.29 bits per heavy atom. The number of carbonyl (C=O) groups is 1. The van der Waals surface area contributed by atoms with Gasteiger partial charge in [0.1, 0.15) is 11.5 Å². The van der Waals surface area contributed by atoms with E-state index in [1.165, 1.54) is 7.11 Å². The summed E-state index contributed by atoms with van der Waals surface area (Å²) in [5, 5.41) is 12.9. The number of nitro benzene ring substituents is 1. The molecule has 0 radical (unpaired) electrons. The van der Waals surface area contributed by atoms with E-state index in [1.807, 2.05) is 0 Å². The van der Waals surface area contributed by atoms with E-state index in [2.05, 4.69) is 10.1 Å². The number of hydrogen-bond acceptors (Lipinski definition) is 4. The number of hydrogen-bond donors (Lipinski definition) is 1. The second-order valence-electron chi connectivity index (χ2n) is 3.21. The number of methoxy groups -OCH3 is 1. The van der Waals surface area contributed by atoms with Crippen LogP contribution in [-0.4, -0.2) is 24.5 Å². The van der Waals surface area contributed by atoms with Crippen LogP contribution in [0.25, 0.3) is 0 Å². The van der Waals surface area contributed by atoms with Crippen LogP contribution in [0.4, 0.5) is 15.8 Å². The molecular weight excluding hydrogens is 231 g/mol. The zero-order valence-corrected chi connectivity index (χ0v) is 9.10. The van der Waals surface area contributed by atoms with Crippen LogP contribution in [0.5, 0.6) is 0 Å². The molecule has 1 aromatic rings. The Labute approximate surface area is 96.5 Å². The van der Waals surface area contributed by atoms with Crippen LogP contribution in [0.15, 0.2) is 18.2 Å². The first kappa shape index (κ1) is 13.0. The minimum atomic E-state index is -0.689. The van der Waals surface area contributed by atoms with Gasteiger partial charge in [0.25, 0.3) is 5.69 Å². The SMILES string of the molecule is COCCC(=O)Nc1cc(F)ccc1[N+](=O)[O-]. The van der Waals surface area contributed by atoms with Gasteiger partial charge in [-0.2, -0.15) is 0 Å². The van der Waals surface area contributed by atoms with E-state index in [9.17, 15) is 19.3 Å². The van der Waals surface area contributed by atoms with Gasteiger partial charge in [-0.3, -0.25) is 14.9 Å². The third-order valence-electron chi connectivity index (χ3n) is 1.96. The zero-order valence-electron chi connectivity index (χ0n) is 9.10. The normalized spacial score (nSPS) is 10.0. The monoisotopic (exact) mass is 242 g/mol. The summed E-state index contributed by atoms with van der Waals surface area (Å²) in [6.07, 6.45) is 0.0458. The molecule has 1 rings (SSSR count). The van der Waals surface area contributed by atoms with Crippen molar-refractivity contribution in [3.8, 4) is 0 Å². The lowest BCUT2D eigenvalue weighted by Crippen LogP contribution is -2.14. The molecule has 17 heavy (non-hydrogen) atoms. The molecule has 0 aliphatic heterocycles. The van der Waals surface area contributed by atoms with Crippen molar-refractivity contribution in [3.63, 3.8) is 0 Å². The Bertz CT molecular complexity index is 436. The van der Waals surface area contributed by atoms with Crippen LogP contribution in [0.1, 0.15) is 6.42 Å². The smallest absolute Gasteiger partial charge is 0.292 e. The zero-order chi connectivity index (χ0) is 12.8. The van der Waals surface area contributed by atoms with E-state index in [0.717, 1.165) is 18.2 Å². The van der Waals surface area contributed by atoms with Crippen LogP contribution >= 0.6 is 0 Å². The van der Waals surface area contributed by atoms with Gasteiger partial charge >= 0.3 is 0 Å². The molecule has 1 N–H and O–H groups in total. The number of anilines is 1. The van der Waals surface area contributed by atoms with Crippen molar-refractivity contribution < 1.29 is 18.8 Å². The molecule has 0 saturated carbocycles.